The summed E-state index contributed by atoms with van der Waals surface area (Å²) >= 11 is 6.23. The average molecular weight is 450 g/mol. The van der Waals surface area contributed by atoms with E-state index in [-0.39, 0.29) is 18.4 Å². The van der Waals surface area contributed by atoms with Gasteiger partial charge in [0.05, 0.1) is 40.8 Å². The molecule has 6 atom stereocenters. The molecule has 3 aliphatic rings. The highest BCUT2D eigenvalue weighted by Gasteiger charge is 2.78. The van der Waals surface area contributed by atoms with E-state index < -0.39 is 41.0 Å². The Balaban J connectivity index is 1.79. The van der Waals surface area contributed by atoms with Crippen LogP contribution in [0, 0.1) is 11.8 Å². The number of benzene rings is 1. The number of fused-ring (bicyclic) bond motifs is 1. The number of amides is 3. The first-order valence-electron chi connectivity index (χ1n) is 10.7. The van der Waals surface area contributed by atoms with Crippen molar-refractivity contribution in [3.63, 3.8) is 0 Å². The molecule has 1 aromatic carbocycles. The lowest BCUT2D eigenvalue weighted by atomic mass is 9.65. The van der Waals surface area contributed by atoms with Crippen molar-refractivity contribution >= 4 is 35.0 Å². The van der Waals surface area contributed by atoms with Gasteiger partial charge in [0.2, 0.25) is 17.7 Å². The summed E-state index contributed by atoms with van der Waals surface area (Å²) in [5, 5.41) is 15.7. The number of halogens is 1. The molecule has 3 amide bonds. The van der Waals surface area contributed by atoms with Crippen LogP contribution in [-0.2, 0) is 19.1 Å². The fraction of sp³-hybridized carbons (Fsp3) is 0.591. The van der Waals surface area contributed by atoms with Crippen molar-refractivity contribution in [3.05, 3.63) is 29.3 Å². The minimum Gasteiger partial charge on any atom is -0.394 e. The van der Waals surface area contributed by atoms with Gasteiger partial charge in [-0.25, -0.2) is 0 Å². The van der Waals surface area contributed by atoms with E-state index in [1.807, 2.05) is 6.92 Å². The molecule has 3 N–H and O–H groups in total. The summed E-state index contributed by atoms with van der Waals surface area (Å²) in [6.07, 6.45) is 1.63. The molecule has 3 aliphatic heterocycles. The number of anilines is 1. The molecule has 0 saturated carbocycles. The van der Waals surface area contributed by atoms with Gasteiger partial charge >= 0.3 is 0 Å². The van der Waals surface area contributed by atoms with E-state index in [1.54, 1.807) is 38.2 Å². The van der Waals surface area contributed by atoms with Gasteiger partial charge in [0.15, 0.2) is 0 Å². The summed E-state index contributed by atoms with van der Waals surface area (Å²) in [5.41, 5.74) is -1.48. The number of rotatable bonds is 6. The van der Waals surface area contributed by atoms with Gasteiger partial charge < -0.3 is 25.4 Å². The van der Waals surface area contributed by atoms with Crippen LogP contribution in [0.4, 0.5) is 5.69 Å². The van der Waals surface area contributed by atoms with E-state index in [4.69, 9.17) is 16.3 Å². The average Bonchev–Trinajstić information content (AvgIpc) is 3.38. The molecule has 31 heavy (non-hydrogen) atoms. The molecule has 3 heterocycles. The van der Waals surface area contributed by atoms with Crippen LogP contribution in [0.25, 0.3) is 0 Å². The van der Waals surface area contributed by atoms with Crippen LogP contribution in [0.15, 0.2) is 24.3 Å². The van der Waals surface area contributed by atoms with Crippen LogP contribution in [0.5, 0.6) is 0 Å². The maximum Gasteiger partial charge on any atom is 0.250 e. The summed E-state index contributed by atoms with van der Waals surface area (Å²) in [5.74, 6) is -2.49. The summed E-state index contributed by atoms with van der Waals surface area (Å²) in [6, 6.07) is 5.26. The maximum atomic E-state index is 13.6. The molecule has 1 aromatic rings. The monoisotopic (exact) mass is 449 g/mol. The zero-order valence-electron chi connectivity index (χ0n) is 17.9. The minimum atomic E-state index is -1.13. The van der Waals surface area contributed by atoms with Gasteiger partial charge in [-0.05, 0) is 38.3 Å². The maximum absolute atomic E-state index is 13.6. The Bertz CT molecular complexity index is 926. The van der Waals surface area contributed by atoms with E-state index in [0.717, 1.165) is 0 Å². The highest BCUT2D eigenvalue weighted by Crippen LogP contribution is 2.64. The van der Waals surface area contributed by atoms with Crippen LogP contribution in [0.3, 0.4) is 0 Å². The molecule has 1 spiro atoms. The third-order valence-electron chi connectivity index (χ3n) is 7.27. The predicted octanol–water partition coefficient (Wildman–Crippen LogP) is 1.56. The molecule has 168 valence electrons. The lowest BCUT2D eigenvalue weighted by Gasteiger charge is -2.36. The topological polar surface area (TPSA) is 108 Å². The standard InChI is InChI=1S/C22H28ClN3O5/c1-4-21-9-10-22(31-21)16(15(21)18(28)24-3)20(30)26(12(2)11-27)17(22)19(29)25-14-8-6-5-7-13(14)23/h5-8,12,15-17,27H,4,9-11H2,1-3H3,(H,24,28)(H,25,29)/t12-,15-,16+,17?,21+,22?/m1/s1. The number of aliphatic hydroxyl groups is 1. The number of carbonyl (C=O) groups is 3. The Morgan fingerprint density at radius 3 is 2.65 bits per heavy atom. The first-order chi connectivity index (χ1) is 14.8. The van der Waals surface area contributed by atoms with Crippen molar-refractivity contribution in [2.45, 2.75) is 56.4 Å². The van der Waals surface area contributed by atoms with Crippen molar-refractivity contribution in [1.29, 1.82) is 0 Å². The zero-order chi connectivity index (χ0) is 22.6. The van der Waals surface area contributed by atoms with Crippen LogP contribution >= 0.6 is 11.6 Å². The Labute approximate surface area is 186 Å². The number of hydrogen-bond donors (Lipinski definition) is 3. The number of hydrogen-bond acceptors (Lipinski definition) is 5. The van der Waals surface area contributed by atoms with Gasteiger partial charge in [0.1, 0.15) is 11.6 Å². The number of para-hydroxylation sites is 1. The fourth-order valence-corrected chi connectivity index (χ4v) is 6.02. The highest BCUT2D eigenvalue weighted by molar-refractivity contribution is 6.33. The van der Waals surface area contributed by atoms with E-state index in [9.17, 15) is 19.5 Å². The molecule has 0 aromatic heterocycles. The molecule has 9 heteroatoms. The molecule has 8 nitrogen and oxygen atoms in total. The van der Waals surface area contributed by atoms with Gasteiger partial charge in [0.25, 0.3) is 0 Å². The number of likely N-dealkylation sites (tertiary alicyclic amines) is 1. The third kappa shape index (κ3) is 2.99. The van der Waals surface area contributed by atoms with Crippen LogP contribution < -0.4 is 10.6 Å². The lowest BCUT2D eigenvalue weighted by molar-refractivity contribution is -0.148. The van der Waals surface area contributed by atoms with E-state index in [2.05, 4.69) is 10.6 Å². The van der Waals surface area contributed by atoms with E-state index in [0.29, 0.717) is 30.0 Å². The Morgan fingerprint density at radius 1 is 1.32 bits per heavy atom. The molecule has 2 bridgehead atoms. The van der Waals surface area contributed by atoms with Crippen LogP contribution in [0.2, 0.25) is 5.02 Å². The first kappa shape index (κ1) is 22.0. The lowest BCUT2D eigenvalue weighted by Crippen LogP contribution is -2.55. The molecule has 0 radical (unpaired) electrons. The molecular weight excluding hydrogens is 422 g/mol. The van der Waals surface area contributed by atoms with Gasteiger partial charge in [-0.15, -0.1) is 0 Å². The molecule has 3 fully saturated rings. The van der Waals surface area contributed by atoms with Crippen molar-refractivity contribution < 1.29 is 24.2 Å². The van der Waals surface area contributed by atoms with Crippen LogP contribution in [0.1, 0.15) is 33.1 Å². The SMILES string of the molecule is CC[C@@]12CCC3(O1)C(C(=O)Nc1ccccc1Cl)N([C@H](C)CO)C(=O)[C@@H]3[C@@H]2C(=O)NC. The Hall–Kier alpha value is -2.16. The van der Waals surface area contributed by atoms with Crippen LogP contribution in [-0.4, -0.2) is 64.7 Å². The smallest absolute Gasteiger partial charge is 0.250 e. The van der Waals surface area contributed by atoms with Gasteiger partial charge in [-0.2, -0.15) is 0 Å². The van der Waals surface area contributed by atoms with Crippen molar-refractivity contribution in [2.24, 2.45) is 11.8 Å². The second-order valence-electron chi connectivity index (χ2n) is 8.69. The van der Waals surface area contributed by atoms with Crippen molar-refractivity contribution in [1.82, 2.24) is 10.2 Å². The molecule has 2 unspecified atom stereocenters. The minimum absolute atomic E-state index is 0.259. The fourth-order valence-electron chi connectivity index (χ4n) is 5.83. The normalized spacial score (nSPS) is 34.5. The van der Waals surface area contributed by atoms with Gasteiger partial charge in [-0.3, -0.25) is 14.4 Å². The summed E-state index contributed by atoms with van der Waals surface area (Å²) < 4.78 is 6.55. The summed E-state index contributed by atoms with van der Waals surface area (Å²) in [7, 11) is 1.54. The predicted molar refractivity (Wildman–Crippen MR) is 114 cm³/mol. The summed E-state index contributed by atoms with van der Waals surface area (Å²) in [6.45, 7) is 3.31. The number of nitrogens with zero attached hydrogens (tertiary/aromatic N) is 1. The molecule has 0 aliphatic carbocycles. The van der Waals surface area contributed by atoms with E-state index >= 15 is 0 Å². The Kier molecular flexibility index (Phi) is 5.52. The number of aliphatic hydroxyl groups excluding tert-OH is 1. The number of ether oxygens (including phenoxy) is 1. The second kappa shape index (κ2) is 7.76. The van der Waals surface area contributed by atoms with Gasteiger partial charge in [-0.1, -0.05) is 30.7 Å². The Morgan fingerprint density at radius 2 is 2.03 bits per heavy atom. The summed E-state index contributed by atoms with van der Waals surface area (Å²) in [4.78, 5) is 41.5. The van der Waals surface area contributed by atoms with Gasteiger partial charge in [0, 0.05) is 7.05 Å². The first-order valence-corrected chi connectivity index (χ1v) is 11.0. The third-order valence-corrected chi connectivity index (χ3v) is 7.60. The number of nitrogens with one attached hydrogen (secondary N) is 2. The number of carbonyl (C=O) groups excluding carboxylic acids is 3. The molecule has 3 saturated heterocycles. The molecular formula is C22H28ClN3O5. The largest absolute Gasteiger partial charge is 0.394 e. The molecule has 4 rings (SSSR count). The highest BCUT2D eigenvalue weighted by atomic mass is 35.5. The quantitative estimate of drug-likeness (QED) is 0.610. The second-order valence-corrected chi connectivity index (χ2v) is 9.10. The van der Waals surface area contributed by atoms with Crippen molar-refractivity contribution in [3.8, 4) is 0 Å². The van der Waals surface area contributed by atoms with Crippen molar-refractivity contribution in [2.75, 3.05) is 19.0 Å². The van der Waals surface area contributed by atoms with E-state index in [1.165, 1.54) is 4.90 Å². The zero-order valence-corrected chi connectivity index (χ0v) is 18.6.